The molecular weight excluding hydrogens is 271 g/mol. The lowest BCUT2D eigenvalue weighted by molar-refractivity contribution is -0.140. The smallest absolute Gasteiger partial charge is 0.416 e. The molecule has 0 heterocycles. The number of benzene rings is 1. The van der Waals surface area contributed by atoms with Crippen molar-refractivity contribution in [2.24, 2.45) is 5.92 Å². The van der Waals surface area contributed by atoms with E-state index in [1.165, 1.54) is 12.1 Å². The first-order chi connectivity index (χ1) is 9.29. The average Bonchev–Trinajstić information content (AvgIpc) is 3.18. The molecule has 0 aliphatic heterocycles. The van der Waals surface area contributed by atoms with E-state index in [-0.39, 0.29) is 12.0 Å². The number of hydrogen-bond acceptors (Lipinski definition) is 2. The summed E-state index contributed by atoms with van der Waals surface area (Å²) in [6.45, 7) is 1.75. The fourth-order valence-electron chi connectivity index (χ4n) is 2.16. The van der Waals surface area contributed by atoms with Crippen molar-refractivity contribution in [2.45, 2.75) is 38.0 Å². The van der Waals surface area contributed by atoms with Gasteiger partial charge in [0.25, 0.3) is 0 Å². The topological polar surface area (TPSA) is 49.3 Å². The Morgan fingerprint density at radius 1 is 1.30 bits per heavy atom. The van der Waals surface area contributed by atoms with Gasteiger partial charge in [0.15, 0.2) is 0 Å². The van der Waals surface area contributed by atoms with Crippen molar-refractivity contribution < 1.29 is 23.1 Å². The second kappa shape index (κ2) is 5.44. The first-order valence-electron chi connectivity index (χ1n) is 6.45. The van der Waals surface area contributed by atoms with Crippen molar-refractivity contribution in [1.29, 1.82) is 0 Å². The maximum atomic E-state index is 12.5. The van der Waals surface area contributed by atoms with E-state index in [0.29, 0.717) is 5.56 Å². The molecule has 2 atom stereocenters. The van der Waals surface area contributed by atoms with Crippen LogP contribution >= 0.6 is 0 Å². The number of carboxylic acids is 1. The molecule has 1 saturated carbocycles. The summed E-state index contributed by atoms with van der Waals surface area (Å²) >= 11 is 0. The monoisotopic (exact) mass is 287 g/mol. The van der Waals surface area contributed by atoms with Crippen LogP contribution in [0, 0.1) is 5.92 Å². The van der Waals surface area contributed by atoms with E-state index in [0.717, 1.165) is 25.0 Å². The molecule has 1 fully saturated rings. The van der Waals surface area contributed by atoms with Crippen LogP contribution in [0.2, 0.25) is 0 Å². The fraction of sp³-hybridized carbons (Fsp3) is 0.500. The normalized spacial score (nSPS) is 18.6. The Morgan fingerprint density at radius 2 is 1.85 bits per heavy atom. The summed E-state index contributed by atoms with van der Waals surface area (Å²) in [6.07, 6.45) is -2.60. The maximum Gasteiger partial charge on any atom is 0.416 e. The average molecular weight is 287 g/mol. The van der Waals surface area contributed by atoms with Crippen molar-refractivity contribution in [3.05, 3.63) is 35.4 Å². The van der Waals surface area contributed by atoms with Crippen molar-refractivity contribution in [2.75, 3.05) is 0 Å². The molecular formula is C14H16F3NO2. The predicted molar refractivity (Wildman–Crippen MR) is 67.1 cm³/mol. The quantitative estimate of drug-likeness (QED) is 0.874. The van der Waals surface area contributed by atoms with Gasteiger partial charge in [-0.15, -0.1) is 0 Å². The van der Waals surface area contributed by atoms with E-state index in [2.05, 4.69) is 5.32 Å². The SMILES string of the molecule is CC(NC(C(=O)O)C1CC1)c1ccc(C(F)(F)F)cc1. The van der Waals surface area contributed by atoms with Crippen LogP contribution < -0.4 is 5.32 Å². The molecule has 0 aromatic heterocycles. The highest BCUT2D eigenvalue weighted by Crippen LogP contribution is 2.34. The largest absolute Gasteiger partial charge is 0.480 e. The highest BCUT2D eigenvalue weighted by Gasteiger charge is 2.37. The van der Waals surface area contributed by atoms with Crippen molar-refractivity contribution >= 4 is 5.97 Å². The molecule has 0 saturated heterocycles. The number of carbonyl (C=O) groups is 1. The van der Waals surface area contributed by atoms with Crippen LogP contribution in [0.4, 0.5) is 13.2 Å². The van der Waals surface area contributed by atoms with Crippen molar-refractivity contribution in [1.82, 2.24) is 5.32 Å². The Balaban J connectivity index is 2.05. The van der Waals surface area contributed by atoms with Gasteiger partial charge in [0.2, 0.25) is 0 Å². The first-order valence-corrected chi connectivity index (χ1v) is 6.45. The van der Waals surface area contributed by atoms with Crippen LogP contribution in [-0.2, 0) is 11.0 Å². The number of carboxylic acid groups (broad SMARTS) is 1. The van der Waals surface area contributed by atoms with Gasteiger partial charge < -0.3 is 5.11 Å². The standard InChI is InChI=1S/C14H16F3NO2/c1-8(18-12(13(19)20)10-2-3-10)9-4-6-11(7-5-9)14(15,16)17/h4-8,10,12,18H,2-3H2,1H3,(H,19,20). The van der Waals surface area contributed by atoms with Gasteiger partial charge in [-0.25, -0.2) is 0 Å². The lowest BCUT2D eigenvalue weighted by Gasteiger charge is -2.20. The number of aliphatic carboxylic acids is 1. The molecule has 2 unspecified atom stereocenters. The van der Waals surface area contributed by atoms with Crippen LogP contribution in [0.1, 0.15) is 36.9 Å². The lowest BCUT2D eigenvalue weighted by Crippen LogP contribution is -2.40. The first kappa shape index (κ1) is 14.8. The molecule has 3 nitrogen and oxygen atoms in total. The Bertz CT molecular complexity index is 480. The van der Waals surface area contributed by atoms with Crippen LogP contribution in [0.3, 0.4) is 0 Å². The summed E-state index contributed by atoms with van der Waals surface area (Å²) in [4.78, 5) is 11.1. The molecule has 20 heavy (non-hydrogen) atoms. The van der Waals surface area contributed by atoms with Crippen LogP contribution in [0.15, 0.2) is 24.3 Å². The summed E-state index contributed by atoms with van der Waals surface area (Å²) in [6, 6.07) is 3.85. The minimum absolute atomic E-state index is 0.129. The molecule has 0 spiro atoms. The lowest BCUT2D eigenvalue weighted by atomic mass is 10.0. The molecule has 2 rings (SSSR count). The van der Waals surface area contributed by atoms with Crippen LogP contribution in [0.25, 0.3) is 0 Å². The molecule has 6 heteroatoms. The van der Waals surface area contributed by atoms with Gasteiger partial charge in [-0.2, -0.15) is 13.2 Å². The zero-order valence-electron chi connectivity index (χ0n) is 10.9. The third-order valence-corrected chi connectivity index (χ3v) is 3.53. The van der Waals surface area contributed by atoms with Crippen molar-refractivity contribution in [3.63, 3.8) is 0 Å². The van der Waals surface area contributed by atoms with E-state index in [4.69, 9.17) is 5.11 Å². The highest BCUT2D eigenvalue weighted by molar-refractivity contribution is 5.74. The third-order valence-electron chi connectivity index (χ3n) is 3.53. The molecule has 1 aliphatic carbocycles. The Kier molecular flexibility index (Phi) is 4.04. The zero-order valence-corrected chi connectivity index (χ0v) is 10.9. The molecule has 0 amide bonds. The van der Waals surface area contributed by atoms with E-state index in [9.17, 15) is 18.0 Å². The van der Waals surface area contributed by atoms with E-state index in [1.807, 2.05) is 0 Å². The number of halogens is 3. The van der Waals surface area contributed by atoms with Gasteiger partial charge in [0, 0.05) is 6.04 Å². The van der Waals surface area contributed by atoms with Crippen LogP contribution in [-0.4, -0.2) is 17.1 Å². The molecule has 0 bridgehead atoms. The number of rotatable bonds is 5. The number of hydrogen-bond donors (Lipinski definition) is 2. The third kappa shape index (κ3) is 3.50. The van der Waals surface area contributed by atoms with Gasteiger partial charge in [-0.3, -0.25) is 10.1 Å². The van der Waals surface area contributed by atoms with Gasteiger partial charge in [0.1, 0.15) is 6.04 Å². The minimum atomic E-state index is -4.35. The Morgan fingerprint density at radius 3 is 2.25 bits per heavy atom. The summed E-state index contributed by atoms with van der Waals surface area (Å²) in [5.41, 5.74) is -0.0599. The van der Waals surface area contributed by atoms with E-state index >= 15 is 0 Å². The zero-order chi connectivity index (χ0) is 14.9. The van der Waals surface area contributed by atoms with Gasteiger partial charge in [-0.05, 0) is 43.4 Å². The number of nitrogens with one attached hydrogen (secondary N) is 1. The molecule has 2 N–H and O–H groups in total. The van der Waals surface area contributed by atoms with Crippen LogP contribution in [0.5, 0.6) is 0 Å². The van der Waals surface area contributed by atoms with Gasteiger partial charge in [0.05, 0.1) is 5.56 Å². The molecule has 1 aromatic carbocycles. The predicted octanol–water partition coefficient (Wildman–Crippen LogP) is 3.22. The molecule has 1 aromatic rings. The van der Waals surface area contributed by atoms with E-state index < -0.39 is 23.8 Å². The molecule has 1 aliphatic rings. The maximum absolute atomic E-state index is 12.5. The Labute approximate surface area is 114 Å². The summed E-state index contributed by atoms with van der Waals surface area (Å²) < 4.78 is 37.4. The minimum Gasteiger partial charge on any atom is -0.480 e. The summed E-state index contributed by atoms with van der Waals surface area (Å²) in [7, 11) is 0. The fourth-order valence-corrected chi connectivity index (χ4v) is 2.16. The second-order valence-electron chi connectivity index (χ2n) is 5.16. The summed E-state index contributed by atoms with van der Waals surface area (Å²) in [5, 5.41) is 12.1. The van der Waals surface area contributed by atoms with Gasteiger partial charge in [-0.1, -0.05) is 12.1 Å². The second-order valence-corrected chi connectivity index (χ2v) is 5.16. The van der Waals surface area contributed by atoms with E-state index in [1.54, 1.807) is 6.92 Å². The highest BCUT2D eigenvalue weighted by atomic mass is 19.4. The number of alkyl halides is 3. The Hall–Kier alpha value is -1.56. The van der Waals surface area contributed by atoms with Gasteiger partial charge >= 0.3 is 12.1 Å². The van der Waals surface area contributed by atoms with Crippen molar-refractivity contribution in [3.8, 4) is 0 Å². The molecule has 110 valence electrons. The molecule has 0 radical (unpaired) electrons. The summed E-state index contributed by atoms with van der Waals surface area (Å²) in [5.74, 6) is -0.782.